The summed E-state index contributed by atoms with van der Waals surface area (Å²) in [7, 11) is 0. The molecule has 0 aliphatic heterocycles. The Kier molecular flexibility index (Phi) is 4.74. The lowest BCUT2D eigenvalue weighted by atomic mass is 10.2. The van der Waals surface area contributed by atoms with Gasteiger partial charge in [0, 0.05) is 6.42 Å². The summed E-state index contributed by atoms with van der Waals surface area (Å²) in [5.41, 5.74) is 5.81. The van der Waals surface area contributed by atoms with Gasteiger partial charge in [-0.3, -0.25) is 0 Å². The fraction of sp³-hybridized carbons (Fsp3) is 0.333. The van der Waals surface area contributed by atoms with E-state index in [1.54, 1.807) is 18.2 Å². The normalized spacial score (nSPS) is 9.29. The average molecular weight is 191 g/mol. The Hall–Kier alpha value is -1.33. The third-order valence-electron chi connectivity index (χ3n) is 1.85. The largest absolute Gasteiger partial charge is 0.330 e. The highest BCUT2D eigenvalue weighted by atomic mass is 19.1. The lowest BCUT2D eigenvalue weighted by molar-refractivity contribution is 0.624. The van der Waals surface area contributed by atoms with Crippen LogP contribution in [-0.2, 0) is 0 Å². The van der Waals surface area contributed by atoms with Gasteiger partial charge < -0.3 is 5.73 Å². The molecule has 1 nitrogen and oxygen atoms in total. The van der Waals surface area contributed by atoms with Crippen LogP contribution in [-0.4, -0.2) is 6.54 Å². The van der Waals surface area contributed by atoms with Crippen molar-refractivity contribution in [1.29, 1.82) is 0 Å². The molecule has 0 fully saturated rings. The van der Waals surface area contributed by atoms with Crippen molar-refractivity contribution in [2.75, 3.05) is 6.54 Å². The van der Waals surface area contributed by atoms with Crippen LogP contribution in [0.2, 0.25) is 0 Å². The van der Waals surface area contributed by atoms with Crippen LogP contribution in [0.3, 0.4) is 0 Å². The Bertz CT molecular complexity index is 336. The molecule has 14 heavy (non-hydrogen) atoms. The van der Waals surface area contributed by atoms with E-state index in [4.69, 9.17) is 5.73 Å². The zero-order chi connectivity index (χ0) is 10.2. The number of benzene rings is 1. The van der Waals surface area contributed by atoms with Crippen molar-refractivity contribution in [2.45, 2.75) is 19.3 Å². The van der Waals surface area contributed by atoms with Gasteiger partial charge >= 0.3 is 0 Å². The van der Waals surface area contributed by atoms with E-state index in [2.05, 4.69) is 11.8 Å². The summed E-state index contributed by atoms with van der Waals surface area (Å²) < 4.78 is 13.0. The van der Waals surface area contributed by atoms with Crippen molar-refractivity contribution in [1.82, 2.24) is 0 Å². The molecule has 1 rings (SSSR count). The molecule has 0 aliphatic rings. The van der Waals surface area contributed by atoms with Gasteiger partial charge in [-0.1, -0.05) is 24.0 Å². The van der Waals surface area contributed by atoms with E-state index in [-0.39, 0.29) is 5.82 Å². The minimum Gasteiger partial charge on any atom is -0.330 e. The van der Waals surface area contributed by atoms with Crippen LogP contribution in [0, 0.1) is 17.7 Å². The molecule has 0 bridgehead atoms. The van der Waals surface area contributed by atoms with E-state index in [1.165, 1.54) is 6.07 Å². The summed E-state index contributed by atoms with van der Waals surface area (Å²) >= 11 is 0. The van der Waals surface area contributed by atoms with Crippen LogP contribution < -0.4 is 5.73 Å². The van der Waals surface area contributed by atoms with Gasteiger partial charge in [0.25, 0.3) is 0 Å². The van der Waals surface area contributed by atoms with Crippen molar-refractivity contribution >= 4 is 0 Å². The zero-order valence-corrected chi connectivity index (χ0v) is 8.09. The molecule has 2 N–H and O–H groups in total. The smallest absolute Gasteiger partial charge is 0.138 e. The van der Waals surface area contributed by atoms with E-state index in [0.29, 0.717) is 12.1 Å². The van der Waals surface area contributed by atoms with Crippen LogP contribution in [0.4, 0.5) is 4.39 Å². The third-order valence-corrected chi connectivity index (χ3v) is 1.85. The predicted octanol–water partition coefficient (Wildman–Crippen LogP) is 2.31. The second-order valence-corrected chi connectivity index (χ2v) is 3.03. The van der Waals surface area contributed by atoms with Gasteiger partial charge in [0.1, 0.15) is 5.82 Å². The van der Waals surface area contributed by atoms with Crippen molar-refractivity contribution in [3.8, 4) is 11.8 Å². The van der Waals surface area contributed by atoms with Crippen molar-refractivity contribution < 1.29 is 4.39 Å². The summed E-state index contributed by atoms with van der Waals surface area (Å²) in [4.78, 5) is 0. The molecular weight excluding hydrogens is 177 g/mol. The number of rotatable bonds is 3. The van der Waals surface area contributed by atoms with Crippen molar-refractivity contribution in [3.63, 3.8) is 0 Å². The second-order valence-electron chi connectivity index (χ2n) is 3.03. The molecule has 1 aromatic carbocycles. The monoisotopic (exact) mass is 191 g/mol. The first kappa shape index (κ1) is 10.7. The van der Waals surface area contributed by atoms with Crippen LogP contribution in [0.15, 0.2) is 24.3 Å². The van der Waals surface area contributed by atoms with Gasteiger partial charge in [-0.2, -0.15) is 0 Å². The van der Waals surface area contributed by atoms with Gasteiger partial charge in [0.15, 0.2) is 0 Å². The van der Waals surface area contributed by atoms with Crippen LogP contribution in [0.25, 0.3) is 0 Å². The lowest BCUT2D eigenvalue weighted by Crippen LogP contribution is -1.96. The molecule has 0 spiro atoms. The van der Waals surface area contributed by atoms with Gasteiger partial charge in [-0.15, -0.1) is 0 Å². The van der Waals surface area contributed by atoms with Gasteiger partial charge in [-0.05, 0) is 31.5 Å². The van der Waals surface area contributed by atoms with Gasteiger partial charge in [0.2, 0.25) is 0 Å². The SMILES string of the molecule is NCCCCC#Cc1ccccc1F. The molecule has 74 valence electrons. The van der Waals surface area contributed by atoms with Crippen molar-refractivity contribution in [3.05, 3.63) is 35.6 Å². The summed E-state index contributed by atoms with van der Waals surface area (Å²) in [6.07, 6.45) is 2.75. The molecule has 1 aromatic rings. The summed E-state index contributed by atoms with van der Waals surface area (Å²) in [6.45, 7) is 0.696. The Morgan fingerprint density at radius 2 is 2.00 bits per heavy atom. The first-order chi connectivity index (χ1) is 6.84. The molecule has 0 radical (unpaired) electrons. The topological polar surface area (TPSA) is 26.0 Å². The molecular formula is C12H14FN. The summed E-state index contributed by atoms with van der Waals surface area (Å²) in [6, 6.07) is 6.55. The molecule has 0 aliphatic carbocycles. The van der Waals surface area contributed by atoms with Gasteiger partial charge in [0.05, 0.1) is 5.56 Å². The fourth-order valence-corrected chi connectivity index (χ4v) is 1.08. The van der Waals surface area contributed by atoms with E-state index < -0.39 is 0 Å². The molecule has 0 unspecified atom stereocenters. The predicted molar refractivity (Wildman–Crippen MR) is 56.2 cm³/mol. The molecule has 0 heterocycles. The number of hydrogen-bond acceptors (Lipinski definition) is 1. The van der Waals surface area contributed by atoms with E-state index in [0.717, 1.165) is 19.3 Å². The quantitative estimate of drug-likeness (QED) is 0.575. The first-order valence-electron chi connectivity index (χ1n) is 4.78. The highest BCUT2D eigenvalue weighted by Crippen LogP contribution is 2.04. The number of hydrogen-bond donors (Lipinski definition) is 1. The van der Waals surface area contributed by atoms with E-state index in [1.807, 2.05) is 0 Å². The number of halogens is 1. The highest BCUT2D eigenvalue weighted by Gasteiger charge is 1.93. The molecule has 0 aromatic heterocycles. The van der Waals surface area contributed by atoms with Crippen LogP contribution in [0.1, 0.15) is 24.8 Å². The van der Waals surface area contributed by atoms with E-state index in [9.17, 15) is 4.39 Å². The van der Waals surface area contributed by atoms with Crippen molar-refractivity contribution in [2.24, 2.45) is 5.73 Å². The standard InChI is InChI=1S/C12H14FN/c13-12-9-5-4-8-11(12)7-3-1-2-6-10-14/h4-5,8-9H,1-2,6,10,14H2. The fourth-order valence-electron chi connectivity index (χ4n) is 1.08. The summed E-state index contributed by atoms with van der Waals surface area (Å²) in [5, 5.41) is 0. The Morgan fingerprint density at radius 1 is 1.21 bits per heavy atom. The van der Waals surface area contributed by atoms with Crippen LogP contribution in [0.5, 0.6) is 0 Å². The highest BCUT2D eigenvalue weighted by molar-refractivity contribution is 5.34. The maximum atomic E-state index is 13.0. The minimum atomic E-state index is -0.251. The van der Waals surface area contributed by atoms with Crippen LogP contribution >= 0.6 is 0 Å². The Balaban J connectivity index is 2.47. The number of nitrogens with two attached hydrogens (primary N) is 1. The van der Waals surface area contributed by atoms with E-state index >= 15 is 0 Å². The Labute approximate surface area is 84.1 Å². The minimum absolute atomic E-state index is 0.251. The lowest BCUT2D eigenvalue weighted by Gasteiger charge is -1.92. The molecule has 2 heteroatoms. The second kappa shape index (κ2) is 6.17. The third kappa shape index (κ3) is 3.59. The molecule has 0 atom stereocenters. The molecule has 0 saturated heterocycles. The maximum absolute atomic E-state index is 13.0. The molecule has 0 amide bonds. The maximum Gasteiger partial charge on any atom is 0.138 e. The average Bonchev–Trinajstić information content (AvgIpc) is 2.20. The molecule has 0 saturated carbocycles. The number of unbranched alkanes of at least 4 members (excludes halogenated alkanes) is 2. The Morgan fingerprint density at radius 3 is 2.71 bits per heavy atom. The summed E-state index contributed by atoms with van der Waals surface area (Å²) in [5.74, 6) is 5.49. The van der Waals surface area contributed by atoms with Gasteiger partial charge in [-0.25, -0.2) is 4.39 Å². The first-order valence-corrected chi connectivity index (χ1v) is 4.78. The zero-order valence-electron chi connectivity index (χ0n) is 8.09.